The zero-order valence-electron chi connectivity index (χ0n) is 17.5. The van der Waals surface area contributed by atoms with E-state index in [1.807, 2.05) is 42.5 Å². The molecule has 2 N–H and O–H groups in total. The molecule has 5 rings (SSSR count). The Bertz CT molecular complexity index is 1180. The minimum absolute atomic E-state index is 0.176. The van der Waals surface area contributed by atoms with Crippen molar-refractivity contribution in [2.24, 2.45) is 0 Å². The maximum atomic E-state index is 12.3. The summed E-state index contributed by atoms with van der Waals surface area (Å²) in [7, 11) is 0. The molecule has 0 unspecified atom stereocenters. The van der Waals surface area contributed by atoms with Gasteiger partial charge in [-0.1, -0.05) is 36.4 Å². The normalized spacial score (nSPS) is 23.4. The van der Waals surface area contributed by atoms with Gasteiger partial charge in [0.2, 0.25) is 5.95 Å². The van der Waals surface area contributed by atoms with E-state index in [2.05, 4.69) is 20.6 Å². The van der Waals surface area contributed by atoms with Crippen LogP contribution in [0.1, 0.15) is 5.56 Å². The van der Waals surface area contributed by atoms with Crippen LogP contribution in [0.3, 0.4) is 0 Å². The Morgan fingerprint density at radius 3 is 2.76 bits per heavy atom. The monoisotopic (exact) mass is 443 g/mol. The number of carbonyl (C=O) groups is 1. The Balaban J connectivity index is 1.19. The van der Waals surface area contributed by atoms with Gasteiger partial charge < -0.3 is 19.5 Å². The van der Waals surface area contributed by atoms with E-state index >= 15 is 0 Å². The number of amides is 1. The van der Waals surface area contributed by atoms with E-state index < -0.39 is 18.3 Å². The summed E-state index contributed by atoms with van der Waals surface area (Å²) >= 11 is 0. The first-order valence-corrected chi connectivity index (χ1v) is 10.6. The molecule has 1 amide bonds. The molecule has 2 aliphatic rings. The Hall–Kier alpha value is -4.00. The highest BCUT2D eigenvalue weighted by Crippen LogP contribution is 2.30. The standard InChI is InChI=1S/C24H21N5O4/c25-12-15-5-4-8-17(11-15)27-24(30)33-20-14-32-21-19(13-31-22(20)21)29-23-26-10-9-18(28-23)16-6-2-1-3-7-16/h1-11,19-22H,13-14H2,(H,27,30)(H,26,28,29)/t19-,20+,21+,22+/m0/s1. The number of nitriles is 1. The molecule has 3 heterocycles. The second-order valence-electron chi connectivity index (χ2n) is 7.74. The number of rotatable bonds is 5. The predicted octanol–water partition coefficient (Wildman–Crippen LogP) is 3.21. The van der Waals surface area contributed by atoms with E-state index in [1.54, 1.807) is 30.5 Å². The van der Waals surface area contributed by atoms with Gasteiger partial charge in [-0.3, -0.25) is 5.32 Å². The predicted molar refractivity (Wildman–Crippen MR) is 119 cm³/mol. The molecule has 3 aromatic rings. The number of carbonyl (C=O) groups excluding carboxylic acids is 1. The maximum Gasteiger partial charge on any atom is 0.412 e. The smallest absolute Gasteiger partial charge is 0.412 e. The molecule has 4 atom stereocenters. The van der Waals surface area contributed by atoms with E-state index in [1.165, 1.54) is 0 Å². The largest absolute Gasteiger partial charge is 0.441 e. The van der Waals surface area contributed by atoms with Crippen molar-refractivity contribution in [2.75, 3.05) is 23.8 Å². The third kappa shape index (κ3) is 4.62. The van der Waals surface area contributed by atoms with Crippen LogP contribution >= 0.6 is 0 Å². The van der Waals surface area contributed by atoms with Crippen LogP contribution in [0.25, 0.3) is 11.3 Å². The first-order chi connectivity index (χ1) is 16.2. The Labute approximate surface area is 190 Å². The second kappa shape index (κ2) is 9.24. The second-order valence-corrected chi connectivity index (χ2v) is 7.74. The number of nitrogens with one attached hydrogen (secondary N) is 2. The van der Waals surface area contributed by atoms with E-state index in [4.69, 9.17) is 19.5 Å². The van der Waals surface area contributed by atoms with Crippen molar-refractivity contribution in [1.82, 2.24) is 9.97 Å². The van der Waals surface area contributed by atoms with Crippen LogP contribution in [-0.4, -0.2) is 53.6 Å². The zero-order chi connectivity index (χ0) is 22.6. The zero-order valence-corrected chi connectivity index (χ0v) is 17.5. The summed E-state index contributed by atoms with van der Waals surface area (Å²) in [6, 6.07) is 20.2. The van der Waals surface area contributed by atoms with Crippen LogP contribution in [0, 0.1) is 11.3 Å². The first-order valence-electron chi connectivity index (χ1n) is 10.6. The lowest BCUT2D eigenvalue weighted by molar-refractivity contribution is 0.00917. The molecule has 1 aromatic heterocycles. The molecule has 2 fully saturated rings. The number of fused-ring (bicyclic) bond motifs is 1. The number of ether oxygens (including phenoxy) is 3. The van der Waals surface area contributed by atoms with E-state index in [0.29, 0.717) is 23.8 Å². The summed E-state index contributed by atoms with van der Waals surface area (Å²) in [5, 5.41) is 14.9. The average molecular weight is 443 g/mol. The third-order valence-electron chi connectivity index (χ3n) is 5.54. The summed E-state index contributed by atoms with van der Waals surface area (Å²) in [4.78, 5) is 21.3. The molecule has 0 spiro atoms. The fraction of sp³-hybridized carbons (Fsp3) is 0.250. The van der Waals surface area contributed by atoms with Crippen molar-refractivity contribution < 1.29 is 19.0 Å². The summed E-state index contributed by atoms with van der Waals surface area (Å²) < 4.78 is 17.3. The molecule has 33 heavy (non-hydrogen) atoms. The van der Waals surface area contributed by atoms with Gasteiger partial charge in [-0.25, -0.2) is 14.8 Å². The van der Waals surface area contributed by atoms with Crippen molar-refractivity contribution >= 4 is 17.7 Å². The van der Waals surface area contributed by atoms with Gasteiger partial charge >= 0.3 is 6.09 Å². The fourth-order valence-corrected chi connectivity index (χ4v) is 4.00. The fourth-order valence-electron chi connectivity index (χ4n) is 4.00. The van der Waals surface area contributed by atoms with Crippen molar-refractivity contribution in [1.29, 1.82) is 5.26 Å². The number of benzene rings is 2. The molecule has 9 heteroatoms. The van der Waals surface area contributed by atoms with Gasteiger partial charge in [0.1, 0.15) is 12.2 Å². The summed E-state index contributed by atoms with van der Waals surface area (Å²) in [6.45, 7) is 0.601. The number of hydrogen-bond donors (Lipinski definition) is 2. The maximum absolute atomic E-state index is 12.3. The van der Waals surface area contributed by atoms with Gasteiger partial charge in [-0.2, -0.15) is 5.26 Å². The molecular weight excluding hydrogens is 422 g/mol. The molecule has 2 aliphatic heterocycles. The van der Waals surface area contributed by atoms with Crippen molar-refractivity contribution in [3.8, 4) is 17.3 Å². The molecular formula is C24H21N5O4. The number of aromatic nitrogens is 2. The molecule has 0 saturated carbocycles. The van der Waals surface area contributed by atoms with Crippen LogP contribution in [-0.2, 0) is 14.2 Å². The lowest BCUT2D eigenvalue weighted by Gasteiger charge is -2.18. The summed E-state index contributed by atoms with van der Waals surface area (Å²) in [5.41, 5.74) is 2.75. The van der Waals surface area contributed by atoms with Gasteiger partial charge in [-0.15, -0.1) is 0 Å². The number of nitrogens with zero attached hydrogens (tertiary/aromatic N) is 3. The molecule has 2 aromatic carbocycles. The van der Waals surface area contributed by atoms with E-state index in [0.717, 1.165) is 11.3 Å². The topological polar surface area (TPSA) is 118 Å². The van der Waals surface area contributed by atoms with Gasteiger partial charge in [0.05, 0.1) is 36.6 Å². The highest BCUT2D eigenvalue weighted by Gasteiger charge is 2.49. The highest BCUT2D eigenvalue weighted by atomic mass is 16.6. The van der Waals surface area contributed by atoms with Crippen LogP contribution < -0.4 is 10.6 Å². The Morgan fingerprint density at radius 2 is 1.91 bits per heavy atom. The van der Waals surface area contributed by atoms with Crippen molar-refractivity contribution in [2.45, 2.75) is 24.4 Å². The molecule has 2 saturated heterocycles. The Kier molecular flexibility index (Phi) is 5.85. The minimum atomic E-state index is -0.627. The molecule has 0 radical (unpaired) electrons. The molecule has 166 valence electrons. The Morgan fingerprint density at radius 1 is 1.06 bits per heavy atom. The van der Waals surface area contributed by atoms with Gasteiger partial charge in [0, 0.05) is 17.4 Å². The molecule has 0 aliphatic carbocycles. The van der Waals surface area contributed by atoms with Crippen LogP contribution in [0.2, 0.25) is 0 Å². The summed E-state index contributed by atoms with van der Waals surface area (Å²) in [5.74, 6) is 0.480. The van der Waals surface area contributed by atoms with Crippen LogP contribution in [0.4, 0.5) is 16.4 Å². The van der Waals surface area contributed by atoms with Gasteiger partial charge in [0.15, 0.2) is 6.10 Å². The highest BCUT2D eigenvalue weighted by molar-refractivity contribution is 5.85. The van der Waals surface area contributed by atoms with Gasteiger partial charge in [0.25, 0.3) is 0 Å². The lowest BCUT2D eigenvalue weighted by atomic mass is 10.1. The number of hydrogen-bond acceptors (Lipinski definition) is 8. The van der Waals surface area contributed by atoms with Crippen LogP contribution in [0.15, 0.2) is 66.9 Å². The average Bonchev–Trinajstić information content (AvgIpc) is 3.43. The lowest BCUT2D eigenvalue weighted by Crippen LogP contribution is -2.38. The van der Waals surface area contributed by atoms with Gasteiger partial charge in [-0.05, 0) is 24.3 Å². The molecule has 9 nitrogen and oxygen atoms in total. The van der Waals surface area contributed by atoms with Crippen LogP contribution in [0.5, 0.6) is 0 Å². The quantitative estimate of drug-likeness (QED) is 0.617. The minimum Gasteiger partial charge on any atom is -0.441 e. The third-order valence-corrected chi connectivity index (χ3v) is 5.54. The van der Waals surface area contributed by atoms with E-state index in [9.17, 15) is 4.79 Å². The van der Waals surface area contributed by atoms with E-state index in [-0.39, 0.29) is 18.8 Å². The SMILES string of the molecule is N#Cc1cccc(NC(=O)O[C@@H]2CO[C@H]3[C@@H]2OC[C@@H]3Nc2nccc(-c3ccccc3)n2)c1. The summed E-state index contributed by atoms with van der Waals surface area (Å²) in [6.07, 6.45) is -0.154. The van der Waals surface area contributed by atoms with Crippen molar-refractivity contribution in [3.05, 3.63) is 72.4 Å². The van der Waals surface area contributed by atoms with Crippen molar-refractivity contribution in [3.63, 3.8) is 0 Å². The first kappa shape index (κ1) is 20.9. The number of anilines is 2. The molecule has 0 bridgehead atoms.